The van der Waals surface area contributed by atoms with Gasteiger partial charge in [-0.25, -0.2) is 0 Å². The van der Waals surface area contributed by atoms with Crippen LogP contribution in [-0.4, -0.2) is 69.4 Å². The molecular formula is C65H115N2O7P. The third-order valence-electron chi connectivity index (χ3n) is 13.0. The second-order valence-electron chi connectivity index (χ2n) is 21.4. The molecular weight excluding hydrogens is 952 g/mol. The molecule has 1 amide bonds. The second-order valence-corrected chi connectivity index (χ2v) is 22.9. The van der Waals surface area contributed by atoms with Gasteiger partial charge in [-0.1, -0.05) is 234 Å². The Morgan fingerprint density at radius 1 is 0.480 bits per heavy atom. The predicted octanol–water partition coefficient (Wildman–Crippen LogP) is 18.1. The van der Waals surface area contributed by atoms with E-state index in [1.165, 1.54) is 89.9 Å². The SMILES string of the molecule is CC/C=C\C/C=C\C/C=C\C/C=C\C/C=C\CCCCCCCCCC(=O)OC(/C=C\CCCCCCCCCCCC)C(COP(=O)([O-])OCC[N+](C)(C)C)NC(=O)CCCCCCCCC/C=C/C/C=C/CC. The highest BCUT2D eigenvalue weighted by Gasteiger charge is 2.27. The molecule has 0 aromatic rings. The van der Waals surface area contributed by atoms with Crippen molar-refractivity contribution in [3.63, 3.8) is 0 Å². The number of amides is 1. The zero-order valence-corrected chi connectivity index (χ0v) is 50.1. The summed E-state index contributed by atoms with van der Waals surface area (Å²) in [6, 6.07) is -0.902. The Balaban J connectivity index is 5.25. The average Bonchev–Trinajstić information content (AvgIpc) is 3.37. The Bertz CT molecular complexity index is 1610. The van der Waals surface area contributed by atoms with Crippen LogP contribution in [0.1, 0.15) is 252 Å². The van der Waals surface area contributed by atoms with Crippen LogP contribution in [0.4, 0.5) is 0 Å². The van der Waals surface area contributed by atoms with E-state index in [4.69, 9.17) is 13.8 Å². The minimum Gasteiger partial charge on any atom is -0.756 e. The number of carbonyl (C=O) groups is 2. The van der Waals surface area contributed by atoms with Crippen LogP contribution in [0.15, 0.2) is 97.2 Å². The standard InChI is InChI=1S/C65H115N2O7P/c1-7-10-13-16-19-22-25-28-30-31-32-33-34-35-36-37-38-40-43-46-49-52-55-58-65(69)74-63(56-53-50-47-44-41-27-24-21-18-15-12-9-3)62(61-73-75(70,71)72-60-59-67(4,5)6)66-64(68)57-54-51-48-45-42-39-29-26-23-20-17-14-11-8-2/h10-11,13-14,19-20,22-23,28,30,32-33,35-36,53,56,62-63H,7-9,12,15-18,21,24-27,29,31,34,37-52,54-55,57-61H2,1-6H3,(H-,66,68,70,71)/b13-10-,14-11+,22-19-,23-20+,30-28-,33-32-,36-35-,56-53-. The highest BCUT2D eigenvalue weighted by atomic mass is 31.2. The highest BCUT2D eigenvalue weighted by molar-refractivity contribution is 7.45. The Hall–Kier alpha value is -3.07. The molecule has 0 aliphatic carbocycles. The van der Waals surface area contributed by atoms with Crippen molar-refractivity contribution in [3.05, 3.63) is 97.2 Å². The molecule has 0 aromatic heterocycles. The lowest BCUT2D eigenvalue weighted by Crippen LogP contribution is -2.47. The van der Waals surface area contributed by atoms with Crippen LogP contribution in [-0.2, 0) is 27.9 Å². The van der Waals surface area contributed by atoms with E-state index in [0.717, 1.165) is 122 Å². The summed E-state index contributed by atoms with van der Waals surface area (Å²) in [5, 5.41) is 3.02. The highest BCUT2D eigenvalue weighted by Crippen LogP contribution is 2.38. The molecule has 0 aliphatic heterocycles. The number of allylic oxidation sites excluding steroid dienone is 15. The molecule has 10 heteroatoms. The molecule has 432 valence electrons. The van der Waals surface area contributed by atoms with Gasteiger partial charge in [0.2, 0.25) is 5.91 Å². The molecule has 0 fully saturated rings. The summed E-state index contributed by atoms with van der Waals surface area (Å²) in [5.41, 5.74) is 0. The van der Waals surface area contributed by atoms with Crippen molar-refractivity contribution in [3.8, 4) is 0 Å². The van der Waals surface area contributed by atoms with Crippen molar-refractivity contribution in [1.29, 1.82) is 0 Å². The van der Waals surface area contributed by atoms with Gasteiger partial charge < -0.3 is 28.5 Å². The topological polar surface area (TPSA) is 114 Å². The summed E-state index contributed by atoms with van der Waals surface area (Å²) < 4.78 is 30.3. The smallest absolute Gasteiger partial charge is 0.306 e. The molecule has 0 heterocycles. The second kappa shape index (κ2) is 54.3. The van der Waals surface area contributed by atoms with Gasteiger partial charge in [-0.05, 0) is 102 Å². The Kier molecular flexibility index (Phi) is 52.1. The molecule has 3 atom stereocenters. The Labute approximate surface area is 462 Å². The molecule has 0 radical (unpaired) electrons. The Morgan fingerprint density at radius 3 is 1.28 bits per heavy atom. The number of phosphoric acid groups is 1. The number of unbranched alkanes of at least 4 members (excludes halogenated alkanes) is 24. The maximum Gasteiger partial charge on any atom is 0.306 e. The van der Waals surface area contributed by atoms with Crippen LogP contribution in [0.2, 0.25) is 0 Å². The normalized spacial score (nSPS) is 14.4. The fourth-order valence-corrected chi connectivity index (χ4v) is 9.07. The first-order valence-electron chi connectivity index (χ1n) is 30.5. The number of nitrogens with zero attached hydrogens (tertiary/aromatic N) is 1. The van der Waals surface area contributed by atoms with Gasteiger partial charge in [0.05, 0.1) is 33.8 Å². The third kappa shape index (κ3) is 55.5. The van der Waals surface area contributed by atoms with E-state index in [-0.39, 0.29) is 24.9 Å². The minimum atomic E-state index is -4.71. The van der Waals surface area contributed by atoms with Crippen LogP contribution >= 0.6 is 7.82 Å². The van der Waals surface area contributed by atoms with Crippen molar-refractivity contribution < 1.29 is 37.3 Å². The largest absolute Gasteiger partial charge is 0.756 e. The first-order chi connectivity index (χ1) is 36.4. The summed E-state index contributed by atoms with van der Waals surface area (Å²) in [4.78, 5) is 39.9. The summed E-state index contributed by atoms with van der Waals surface area (Å²) in [7, 11) is 1.16. The van der Waals surface area contributed by atoms with Gasteiger partial charge in [0.25, 0.3) is 7.82 Å². The number of esters is 1. The number of rotatable bonds is 54. The first-order valence-corrected chi connectivity index (χ1v) is 32.0. The summed E-state index contributed by atoms with van der Waals surface area (Å²) in [6.07, 6.45) is 72.3. The summed E-state index contributed by atoms with van der Waals surface area (Å²) in [5.74, 6) is -0.567. The maximum atomic E-state index is 13.5. The lowest BCUT2D eigenvalue weighted by molar-refractivity contribution is -0.870. The van der Waals surface area contributed by atoms with E-state index < -0.39 is 26.6 Å². The molecule has 0 spiro atoms. The molecule has 1 N–H and O–H groups in total. The van der Waals surface area contributed by atoms with Crippen molar-refractivity contribution in [2.24, 2.45) is 0 Å². The summed E-state index contributed by atoms with van der Waals surface area (Å²) >= 11 is 0. The minimum absolute atomic E-state index is 0.0302. The molecule has 0 rings (SSSR count). The fraction of sp³-hybridized carbons (Fsp3) is 0.723. The van der Waals surface area contributed by atoms with Crippen LogP contribution in [0.5, 0.6) is 0 Å². The fourth-order valence-electron chi connectivity index (χ4n) is 8.35. The monoisotopic (exact) mass is 1070 g/mol. The lowest BCUT2D eigenvalue weighted by Gasteiger charge is -2.30. The van der Waals surface area contributed by atoms with E-state index in [1.807, 2.05) is 33.3 Å². The number of nitrogens with one attached hydrogen (secondary N) is 1. The van der Waals surface area contributed by atoms with Crippen molar-refractivity contribution in [2.45, 2.75) is 264 Å². The van der Waals surface area contributed by atoms with Gasteiger partial charge in [-0.3, -0.25) is 14.2 Å². The van der Waals surface area contributed by atoms with Gasteiger partial charge in [-0.2, -0.15) is 0 Å². The molecule has 0 saturated carbocycles. The number of hydrogen-bond donors (Lipinski definition) is 1. The molecule has 75 heavy (non-hydrogen) atoms. The van der Waals surface area contributed by atoms with E-state index in [0.29, 0.717) is 23.9 Å². The molecule has 0 aliphatic rings. The van der Waals surface area contributed by atoms with Gasteiger partial charge in [0, 0.05) is 12.8 Å². The third-order valence-corrected chi connectivity index (χ3v) is 14.0. The van der Waals surface area contributed by atoms with E-state index >= 15 is 0 Å². The maximum absolute atomic E-state index is 13.5. The van der Waals surface area contributed by atoms with Crippen LogP contribution < -0.4 is 10.2 Å². The van der Waals surface area contributed by atoms with Crippen molar-refractivity contribution in [1.82, 2.24) is 5.32 Å². The lowest BCUT2D eigenvalue weighted by atomic mass is 10.0. The van der Waals surface area contributed by atoms with Crippen molar-refractivity contribution >= 4 is 19.7 Å². The molecule has 0 saturated heterocycles. The first kappa shape index (κ1) is 71.9. The van der Waals surface area contributed by atoms with Crippen molar-refractivity contribution in [2.75, 3.05) is 40.9 Å². The number of carbonyl (C=O) groups excluding carboxylic acids is 2. The van der Waals surface area contributed by atoms with Gasteiger partial charge in [-0.15, -0.1) is 0 Å². The molecule has 0 aromatic carbocycles. The van der Waals surface area contributed by atoms with Crippen LogP contribution in [0.3, 0.4) is 0 Å². The quantitative estimate of drug-likeness (QED) is 0.0212. The molecule has 9 nitrogen and oxygen atoms in total. The zero-order valence-electron chi connectivity index (χ0n) is 49.2. The number of ether oxygens (including phenoxy) is 1. The number of hydrogen-bond acceptors (Lipinski definition) is 7. The van der Waals surface area contributed by atoms with Gasteiger partial charge >= 0.3 is 5.97 Å². The predicted molar refractivity (Wildman–Crippen MR) is 321 cm³/mol. The van der Waals surface area contributed by atoms with E-state index in [2.05, 4.69) is 111 Å². The van der Waals surface area contributed by atoms with E-state index in [9.17, 15) is 19.0 Å². The average molecular weight is 1070 g/mol. The van der Waals surface area contributed by atoms with E-state index in [1.54, 1.807) is 0 Å². The Morgan fingerprint density at radius 2 is 0.853 bits per heavy atom. The van der Waals surface area contributed by atoms with Gasteiger partial charge in [0.1, 0.15) is 19.3 Å². The van der Waals surface area contributed by atoms with Gasteiger partial charge in [0.15, 0.2) is 0 Å². The molecule has 3 unspecified atom stereocenters. The zero-order chi connectivity index (χ0) is 55.0. The number of likely N-dealkylation sites (N-methyl/N-ethyl adjacent to an activating group) is 1. The summed E-state index contributed by atoms with van der Waals surface area (Å²) in [6.45, 7) is 6.60. The number of quaternary nitrogens is 1. The van der Waals surface area contributed by atoms with Crippen LogP contribution in [0, 0.1) is 0 Å². The molecule has 0 bridgehead atoms. The number of phosphoric ester groups is 1. The van der Waals surface area contributed by atoms with Crippen LogP contribution in [0.25, 0.3) is 0 Å².